The van der Waals surface area contributed by atoms with Crippen LogP contribution in [-0.2, 0) is 0 Å². The van der Waals surface area contributed by atoms with Crippen LogP contribution in [0.5, 0.6) is 0 Å². The number of hydrogen-bond acceptors (Lipinski definition) is 7. The molecule has 0 aliphatic rings. The van der Waals surface area contributed by atoms with Crippen molar-refractivity contribution in [2.75, 3.05) is 0 Å². The first-order valence-corrected chi connectivity index (χ1v) is 11.5. The number of carbonyl (C=O) groups excluding carboxylic acids is 1. The van der Waals surface area contributed by atoms with Gasteiger partial charge in [-0.05, 0) is 24.3 Å². The van der Waals surface area contributed by atoms with Crippen LogP contribution in [0, 0.1) is 0 Å². The van der Waals surface area contributed by atoms with Gasteiger partial charge in [-0.15, -0.1) is 0 Å². The van der Waals surface area contributed by atoms with Crippen molar-refractivity contribution >= 4 is 49.3 Å². The van der Waals surface area contributed by atoms with Crippen LogP contribution >= 0.6 is 0 Å². The van der Waals surface area contributed by atoms with Gasteiger partial charge in [-0.3, -0.25) is 29.5 Å². The van der Waals surface area contributed by atoms with Gasteiger partial charge in [-0.2, -0.15) is 5.10 Å². The molecule has 0 unspecified atom stereocenters. The molecule has 0 atom stereocenters. The van der Waals surface area contributed by atoms with E-state index in [9.17, 15) is 14.4 Å². The fourth-order valence-electron chi connectivity index (χ4n) is 4.54. The molecular weight excluding hydrogens is 484 g/mol. The van der Waals surface area contributed by atoms with E-state index in [-0.39, 0.29) is 11.1 Å². The van der Waals surface area contributed by atoms with Crippen LogP contribution in [0.2, 0.25) is 0 Å². The minimum atomic E-state index is -0.570. The number of nitrogens with zero attached hydrogens (tertiary/aromatic N) is 4. The predicted molar refractivity (Wildman–Crippen MR) is 144 cm³/mol. The van der Waals surface area contributed by atoms with Gasteiger partial charge in [0.2, 0.25) is 0 Å². The Balaban J connectivity index is 0.000000140. The number of primary amides is 1. The zero-order valence-electron chi connectivity index (χ0n) is 19.6. The molecule has 0 saturated heterocycles. The highest BCUT2D eigenvalue weighted by Gasteiger charge is 2.12. The summed E-state index contributed by atoms with van der Waals surface area (Å²) in [5.41, 5.74) is 7.20. The molecular formula is C27H18N8O3. The smallest absolute Gasteiger partial charge is 0.256 e. The molecule has 1 amide bonds. The number of H-pyrrole nitrogens is 3. The molecule has 7 rings (SSSR count). The molecule has 7 aromatic rings. The maximum absolute atomic E-state index is 12.2. The Hall–Kier alpha value is -5.71. The van der Waals surface area contributed by atoms with Gasteiger partial charge in [0, 0.05) is 51.9 Å². The van der Waals surface area contributed by atoms with Gasteiger partial charge in [-0.25, -0.2) is 4.98 Å². The summed E-state index contributed by atoms with van der Waals surface area (Å²) < 4.78 is 0. The number of nitrogens with one attached hydrogen (secondary N) is 3. The van der Waals surface area contributed by atoms with Gasteiger partial charge < -0.3 is 15.7 Å². The second-order valence-corrected chi connectivity index (χ2v) is 8.41. The van der Waals surface area contributed by atoms with Crippen LogP contribution in [0.4, 0.5) is 0 Å². The Morgan fingerprint density at radius 2 is 1.32 bits per heavy atom. The molecule has 5 heterocycles. The summed E-state index contributed by atoms with van der Waals surface area (Å²) in [5, 5.41) is 11.1. The number of benzene rings is 2. The number of carbonyl (C=O) groups is 1. The van der Waals surface area contributed by atoms with E-state index in [4.69, 9.17) is 5.73 Å². The van der Waals surface area contributed by atoms with E-state index < -0.39 is 5.91 Å². The number of fused-ring (bicyclic) bond motifs is 6. The lowest BCUT2D eigenvalue weighted by atomic mass is 10.0. The molecule has 2 aromatic carbocycles. The molecule has 0 fully saturated rings. The van der Waals surface area contributed by atoms with E-state index in [0.29, 0.717) is 33.1 Å². The van der Waals surface area contributed by atoms with E-state index in [1.807, 2.05) is 24.3 Å². The zero-order chi connectivity index (χ0) is 26.2. The molecule has 0 saturated carbocycles. The summed E-state index contributed by atoms with van der Waals surface area (Å²) in [6.45, 7) is 0. The van der Waals surface area contributed by atoms with Gasteiger partial charge in [0.15, 0.2) is 5.82 Å². The number of amides is 1. The lowest BCUT2D eigenvalue weighted by molar-refractivity contribution is 0.100. The highest BCUT2D eigenvalue weighted by Crippen LogP contribution is 2.27. The Kier molecular flexibility index (Phi) is 5.42. The van der Waals surface area contributed by atoms with Crippen LogP contribution in [0.3, 0.4) is 0 Å². The SMILES string of the molecule is NC(=O)c1cccc2c1[nH]c(=O)c1ccncc12.O=c1[nH]c2c(-c3ncn[nH]3)cccc2c2cnccc12. The van der Waals surface area contributed by atoms with Crippen molar-refractivity contribution in [2.45, 2.75) is 0 Å². The number of nitrogens with two attached hydrogens (primary N) is 1. The van der Waals surface area contributed by atoms with Crippen LogP contribution in [-0.4, -0.2) is 41.0 Å². The number of hydrogen-bond donors (Lipinski definition) is 4. The van der Waals surface area contributed by atoms with Crippen molar-refractivity contribution in [1.82, 2.24) is 35.1 Å². The average Bonchev–Trinajstić information content (AvgIpc) is 3.48. The molecule has 11 heteroatoms. The van der Waals surface area contributed by atoms with Crippen LogP contribution in [0.1, 0.15) is 10.4 Å². The molecule has 0 aliphatic heterocycles. The molecule has 5 aromatic heterocycles. The normalized spacial score (nSPS) is 11.1. The third kappa shape index (κ3) is 3.75. The van der Waals surface area contributed by atoms with Crippen molar-refractivity contribution in [3.8, 4) is 11.4 Å². The lowest BCUT2D eigenvalue weighted by Crippen LogP contribution is -2.14. The molecule has 0 spiro atoms. The van der Waals surface area contributed by atoms with E-state index in [1.165, 1.54) is 6.33 Å². The van der Waals surface area contributed by atoms with Crippen molar-refractivity contribution in [3.05, 3.63) is 106 Å². The minimum Gasteiger partial charge on any atom is -0.366 e. The van der Waals surface area contributed by atoms with Crippen LogP contribution in [0.25, 0.3) is 54.7 Å². The summed E-state index contributed by atoms with van der Waals surface area (Å²) in [7, 11) is 0. The summed E-state index contributed by atoms with van der Waals surface area (Å²) >= 11 is 0. The number of aromatic amines is 3. The largest absolute Gasteiger partial charge is 0.366 e. The standard InChI is InChI=1S/C14H9N5O.C13H9N3O2/c20-14-9-4-5-15-6-11(9)8-2-1-3-10(12(8)18-14)13-16-7-17-19-13;14-12(17)9-3-1-2-7-10-6-15-5-4-8(10)13(18)16-11(7)9/h1-7H,(H,18,20)(H,16,17,19);1-6H,(H2,14,17)(H,16,18). The Morgan fingerprint density at radius 3 is 1.92 bits per heavy atom. The van der Waals surface area contributed by atoms with E-state index in [1.54, 1.807) is 49.1 Å². The van der Waals surface area contributed by atoms with Crippen LogP contribution in [0.15, 0.2) is 89.2 Å². The Bertz CT molecular complexity index is 2110. The van der Waals surface area contributed by atoms with Gasteiger partial charge in [0.05, 0.1) is 27.4 Å². The average molecular weight is 502 g/mol. The van der Waals surface area contributed by atoms with E-state index in [2.05, 4.69) is 35.1 Å². The highest BCUT2D eigenvalue weighted by molar-refractivity contribution is 6.12. The van der Waals surface area contributed by atoms with Crippen molar-refractivity contribution in [2.24, 2.45) is 5.73 Å². The van der Waals surface area contributed by atoms with E-state index in [0.717, 1.165) is 27.2 Å². The first-order valence-electron chi connectivity index (χ1n) is 11.5. The number of para-hydroxylation sites is 2. The maximum atomic E-state index is 12.2. The first kappa shape index (κ1) is 22.7. The summed E-state index contributed by atoms with van der Waals surface area (Å²) in [6.07, 6.45) is 7.93. The molecule has 0 bridgehead atoms. The van der Waals surface area contributed by atoms with Crippen molar-refractivity contribution in [3.63, 3.8) is 0 Å². The third-order valence-corrected chi connectivity index (χ3v) is 6.25. The number of aromatic nitrogens is 7. The molecule has 5 N–H and O–H groups in total. The first-order chi connectivity index (χ1) is 18.5. The van der Waals surface area contributed by atoms with Crippen LogP contribution < -0.4 is 16.9 Å². The second-order valence-electron chi connectivity index (χ2n) is 8.41. The Morgan fingerprint density at radius 1 is 0.711 bits per heavy atom. The third-order valence-electron chi connectivity index (χ3n) is 6.25. The molecule has 11 nitrogen and oxygen atoms in total. The maximum Gasteiger partial charge on any atom is 0.256 e. The number of pyridine rings is 4. The van der Waals surface area contributed by atoms with Gasteiger partial charge in [-0.1, -0.05) is 24.3 Å². The summed E-state index contributed by atoms with van der Waals surface area (Å²) in [6, 6.07) is 14.3. The molecule has 0 radical (unpaired) electrons. The Labute approximate surface area is 212 Å². The topological polar surface area (TPSA) is 176 Å². The van der Waals surface area contributed by atoms with Gasteiger partial charge in [0.25, 0.3) is 17.0 Å². The van der Waals surface area contributed by atoms with Gasteiger partial charge >= 0.3 is 0 Å². The monoisotopic (exact) mass is 502 g/mol. The predicted octanol–water partition coefficient (Wildman–Crippen LogP) is 3.04. The van der Waals surface area contributed by atoms with Crippen molar-refractivity contribution in [1.29, 1.82) is 0 Å². The highest BCUT2D eigenvalue weighted by atomic mass is 16.1. The fraction of sp³-hybridized carbons (Fsp3) is 0. The summed E-state index contributed by atoms with van der Waals surface area (Å²) in [4.78, 5) is 53.3. The van der Waals surface area contributed by atoms with E-state index >= 15 is 0 Å². The van der Waals surface area contributed by atoms with Crippen molar-refractivity contribution < 1.29 is 4.79 Å². The van der Waals surface area contributed by atoms with Gasteiger partial charge in [0.1, 0.15) is 6.33 Å². The zero-order valence-corrected chi connectivity index (χ0v) is 19.6. The number of rotatable bonds is 2. The molecule has 184 valence electrons. The minimum absolute atomic E-state index is 0.137. The molecule has 38 heavy (non-hydrogen) atoms. The quantitative estimate of drug-likeness (QED) is 0.263. The second kappa shape index (κ2) is 9.06. The molecule has 0 aliphatic carbocycles. The summed E-state index contributed by atoms with van der Waals surface area (Å²) in [5.74, 6) is 0.0500. The fourth-order valence-corrected chi connectivity index (χ4v) is 4.54. The lowest BCUT2D eigenvalue weighted by Gasteiger charge is -2.06.